The fourth-order valence-electron chi connectivity index (χ4n) is 1.78. The summed E-state index contributed by atoms with van der Waals surface area (Å²) in [4.78, 5) is 2.39. The summed E-state index contributed by atoms with van der Waals surface area (Å²) in [5.41, 5.74) is 8.31. The molecule has 1 aromatic carbocycles. The smallest absolute Gasteiger partial charge is 0.0396 e. The molecule has 0 saturated carbocycles. The molecule has 0 aliphatic heterocycles. The van der Waals surface area contributed by atoms with Gasteiger partial charge in [0, 0.05) is 25.3 Å². The number of nitrogens with zero attached hydrogens (tertiary/aromatic N) is 1. The molecule has 0 saturated heterocycles. The molecule has 15 heavy (non-hydrogen) atoms. The third-order valence-corrected chi connectivity index (χ3v) is 2.64. The first-order valence-corrected chi connectivity index (χ1v) is 5.80. The van der Waals surface area contributed by atoms with E-state index in [4.69, 9.17) is 5.73 Å². The van der Waals surface area contributed by atoms with Gasteiger partial charge in [0.25, 0.3) is 0 Å². The number of rotatable bonds is 6. The van der Waals surface area contributed by atoms with Gasteiger partial charge in [-0.25, -0.2) is 0 Å². The summed E-state index contributed by atoms with van der Waals surface area (Å²) in [7, 11) is 0. The Morgan fingerprint density at radius 3 is 2.53 bits per heavy atom. The maximum atomic E-state index is 5.65. The summed E-state index contributed by atoms with van der Waals surface area (Å²) >= 11 is 0. The van der Waals surface area contributed by atoms with Gasteiger partial charge in [-0.15, -0.1) is 0 Å². The van der Waals surface area contributed by atoms with E-state index < -0.39 is 0 Å². The monoisotopic (exact) mass is 206 g/mol. The van der Waals surface area contributed by atoms with Gasteiger partial charge in [-0.3, -0.25) is 0 Å². The van der Waals surface area contributed by atoms with E-state index in [-0.39, 0.29) is 0 Å². The Hall–Kier alpha value is -1.02. The summed E-state index contributed by atoms with van der Waals surface area (Å²) < 4.78 is 0. The van der Waals surface area contributed by atoms with E-state index in [2.05, 4.69) is 43.0 Å². The summed E-state index contributed by atoms with van der Waals surface area (Å²) in [5, 5.41) is 0. The molecular weight excluding hydrogens is 184 g/mol. The average Bonchev–Trinajstić information content (AvgIpc) is 2.25. The first kappa shape index (κ1) is 12.1. The fraction of sp³-hybridized carbons (Fsp3) is 0.538. The van der Waals surface area contributed by atoms with Crippen LogP contribution in [0.25, 0.3) is 0 Å². The van der Waals surface area contributed by atoms with Gasteiger partial charge >= 0.3 is 0 Å². The number of anilines is 1. The third-order valence-electron chi connectivity index (χ3n) is 2.64. The molecule has 0 aliphatic rings. The van der Waals surface area contributed by atoms with Crippen molar-refractivity contribution in [1.29, 1.82) is 0 Å². The molecule has 2 heteroatoms. The second-order valence-electron chi connectivity index (χ2n) is 3.92. The van der Waals surface area contributed by atoms with Crippen LogP contribution in [0.15, 0.2) is 24.3 Å². The number of hydrogen-bond acceptors (Lipinski definition) is 2. The minimum absolute atomic E-state index is 0.720. The fourth-order valence-corrected chi connectivity index (χ4v) is 1.78. The van der Waals surface area contributed by atoms with Crippen molar-refractivity contribution in [3.63, 3.8) is 0 Å². The van der Waals surface area contributed by atoms with Gasteiger partial charge < -0.3 is 10.6 Å². The van der Waals surface area contributed by atoms with Crippen LogP contribution in [0.2, 0.25) is 0 Å². The zero-order valence-corrected chi connectivity index (χ0v) is 9.87. The van der Waals surface area contributed by atoms with Crippen molar-refractivity contribution in [2.24, 2.45) is 5.73 Å². The van der Waals surface area contributed by atoms with E-state index in [1.807, 2.05) is 0 Å². The highest BCUT2D eigenvalue weighted by molar-refractivity contribution is 5.52. The van der Waals surface area contributed by atoms with Crippen LogP contribution in [0.4, 0.5) is 5.69 Å². The van der Waals surface area contributed by atoms with E-state index in [1.165, 1.54) is 24.1 Å². The number of unbranched alkanes of at least 4 members (excludes halogenated alkanes) is 1. The minimum atomic E-state index is 0.720. The van der Waals surface area contributed by atoms with Gasteiger partial charge in [-0.05, 0) is 25.0 Å². The molecule has 1 rings (SSSR count). The van der Waals surface area contributed by atoms with Crippen molar-refractivity contribution in [1.82, 2.24) is 0 Å². The highest BCUT2D eigenvalue weighted by Crippen LogP contribution is 2.19. The highest BCUT2D eigenvalue weighted by atomic mass is 15.1. The molecule has 0 spiro atoms. The summed E-state index contributed by atoms with van der Waals surface area (Å²) in [6.07, 6.45) is 2.46. The predicted molar refractivity (Wildman–Crippen MR) is 67.4 cm³/mol. The first-order chi connectivity index (χ1) is 7.29. The van der Waals surface area contributed by atoms with Gasteiger partial charge in [0.05, 0.1) is 0 Å². The lowest BCUT2D eigenvalue weighted by Gasteiger charge is -2.25. The van der Waals surface area contributed by atoms with E-state index >= 15 is 0 Å². The minimum Gasteiger partial charge on any atom is -0.370 e. The number of nitrogens with two attached hydrogens (primary N) is 1. The maximum Gasteiger partial charge on any atom is 0.0396 e. The Morgan fingerprint density at radius 2 is 1.93 bits per heavy atom. The van der Waals surface area contributed by atoms with Gasteiger partial charge in [-0.1, -0.05) is 31.5 Å². The lowest BCUT2D eigenvalue weighted by atomic mass is 10.1. The maximum absolute atomic E-state index is 5.65. The SMILES string of the molecule is CCCCN(CCN)c1ccccc1C. The summed E-state index contributed by atoms with van der Waals surface area (Å²) in [6.45, 7) is 7.16. The van der Waals surface area contributed by atoms with Crippen LogP contribution in [0.1, 0.15) is 25.3 Å². The molecule has 0 radical (unpaired) electrons. The molecule has 0 bridgehead atoms. The zero-order chi connectivity index (χ0) is 11.1. The van der Waals surface area contributed by atoms with Crippen LogP contribution in [-0.4, -0.2) is 19.6 Å². The summed E-state index contributed by atoms with van der Waals surface area (Å²) in [6, 6.07) is 8.52. The largest absolute Gasteiger partial charge is 0.370 e. The lowest BCUT2D eigenvalue weighted by molar-refractivity contribution is 0.714. The van der Waals surface area contributed by atoms with Gasteiger partial charge in [0.15, 0.2) is 0 Å². The molecular formula is C13H22N2. The lowest BCUT2D eigenvalue weighted by Crippen LogP contribution is -2.30. The normalized spacial score (nSPS) is 10.3. The second-order valence-corrected chi connectivity index (χ2v) is 3.92. The Bertz CT molecular complexity index is 284. The topological polar surface area (TPSA) is 29.3 Å². The Labute approximate surface area is 93.1 Å². The number of hydrogen-bond donors (Lipinski definition) is 1. The second kappa shape index (κ2) is 6.46. The van der Waals surface area contributed by atoms with Crippen LogP contribution < -0.4 is 10.6 Å². The molecule has 0 fully saturated rings. The Morgan fingerprint density at radius 1 is 1.20 bits per heavy atom. The van der Waals surface area contributed by atoms with E-state index in [1.54, 1.807) is 0 Å². The molecule has 0 heterocycles. The standard InChI is InChI=1S/C13H22N2/c1-3-4-10-15(11-9-14)13-8-6-5-7-12(13)2/h5-8H,3-4,9-11,14H2,1-2H3. The van der Waals surface area contributed by atoms with Crippen LogP contribution >= 0.6 is 0 Å². The number of para-hydroxylation sites is 1. The van der Waals surface area contributed by atoms with Crippen molar-refractivity contribution in [3.8, 4) is 0 Å². The first-order valence-electron chi connectivity index (χ1n) is 5.80. The quantitative estimate of drug-likeness (QED) is 0.775. The van der Waals surface area contributed by atoms with E-state index in [9.17, 15) is 0 Å². The van der Waals surface area contributed by atoms with Crippen LogP contribution in [0, 0.1) is 6.92 Å². The van der Waals surface area contributed by atoms with E-state index in [0.29, 0.717) is 0 Å². The number of benzene rings is 1. The molecule has 0 amide bonds. The number of aryl methyl sites for hydroxylation is 1. The molecule has 0 aliphatic carbocycles. The van der Waals surface area contributed by atoms with Crippen LogP contribution in [0.5, 0.6) is 0 Å². The van der Waals surface area contributed by atoms with Gasteiger partial charge in [0.1, 0.15) is 0 Å². The Balaban J connectivity index is 2.74. The molecule has 2 nitrogen and oxygen atoms in total. The van der Waals surface area contributed by atoms with Crippen molar-refractivity contribution < 1.29 is 0 Å². The highest BCUT2D eigenvalue weighted by Gasteiger charge is 2.06. The molecule has 0 atom stereocenters. The van der Waals surface area contributed by atoms with Gasteiger partial charge in [-0.2, -0.15) is 0 Å². The van der Waals surface area contributed by atoms with Crippen molar-refractivity contribution in [2.45, 2.75) is 26.7 Å². The molecule has 2 N–H and O–H groups in total. The zero-order valence-electron chi connectivity index (χ0n) is 9.87. The molecule has 1 aromatic rings. The van der Waals surface area contributed by atoms with Crippen molar-refractivity contribution in [3.05, 3.63) is 29.8 Å². The summed E-state index contributed by atoms with van der Waals surface area (Å²) in [5.74, 6) is 0. The van der Waals surface area contributed by atoms with Crippen LogP contribution in [-0.2, 0) is 0 Å². The average molecular weight is 206 g/mol. The van der Waals surface area contributed by atoms with E-state index in [0.717, 1.165) is 19.6 Å². The molecule has 0 unspecified atom stereocenters. The van der Waals surface area contributed by atoms with Gasteiger partial charge in [0.2, 0.25) is 0 Å². The Kier molecular flexibility index (Phi) is 5.19. The molecule has 0 aromatic heterocycles. The van der Waals surface area contributed by atoms with Crippen molar-refractivity contribution >= 4 is 5.69 Å². The molecule has 84 valence electrons. The predicted octanol–water partition coefficient (Wildman–Crippen LogP) is 2.56. The van der Waals surface area contributed by atoms with Crippen molar-refractivity contribution in [2.75, 3.05) is 24.5 Å². The third kappa shape index (κ3) is 3.56. The van der Waals surface area contributed by atoms with Crippen LogP contribution in [0.3, 0.4) is 0 Å².